The van der Waals surface area contributed by atoms with E-state index in [2.05, 4.69) is 5.32 Å². The van der Waals surface area contributed by atoms with Crippen molar-refractivity contribution in [3.8, 4) is 0 Å². The maximum atomic E-state index is 12.4. The molecule has 0 spiro atoms. The highest BCUT2D eigenvalue weighted by molar-refractivity contribution is 6.04. The highest BCUT2D eigenvalue weighted by Crippen LogP contribution is 2.18. The minimum absolute atomic E-state index is 0.153. The molecule has 0 saturated carbocycles. The van der Waals surface area contributed by atoms with Gasteiger partial charge in [0.2, 0.25) is 5.91 Å². The van der Waals surface area contributed by atoms with Crippen molar-refractivity contribution in [3.63, 3.8) is 0 Å². The van der Waals surface area contributed by atoms with Crippen molar-refractivity contribution in [2.24, 2.45) is 0 Å². The van der Waals surface area contributed by atoms with Gasteiger partial charge >= 0.3 is 0 Å². The van der Waals surface area contributed by atoms with Crippen molar-refractivity contribution in [2.75, 3.05) is 19.0 Å². The third kappa shape index (κ3) is 4.70. The number of carbonyl (C=O) groups excluding carboxylic acids is 2. The van der Waals surface area contributed by atoms with Crippen molar-refractivity contribution in [1.29, 1.82) is 0 Å². The van der Waals surface area contributed by atoms with Gasteiger partial charge in [-0.25, -0.2) is 0 Å². The Balaban J connectivity index is 1.64. The SMILES string of the molecule is COCc1ccc(C(=O)Nc2cccc(CN3CCCCC3=O)c2)cc1. The highest BCUT2D eigenvalue weighted by Gasteiger charge is 2.18. The summed E-state index contributed by atoms with van der Waals surface area (Å²) in [4.78, 5) is 26.3. The molecule has 2 aromatic carbocycles. The molecule has 1 fully saturated rings. The summed E-state index contributed by atoms with van der Waals surface area (Å²) in [6, 6.07) is 15.0. The molecule has 26 heavy (non-hydrogen) atoms. The minimum atomic E-state index is -0.153. The van der Waals surface area contributed by atoms with E-state index < -0.39 is 0 Å². The summed E-state index contributed by atoms with van der Waals surface area (Å²) >= 11 is 0. The van der Waals surface area contributed by atoms with Crippen molar-refractivity contribution >= 4 is 17.5 Å². The van der Waals surface area contributed by atoms with Crippen molar-refractivity contribution in [2.45, 2.75) is 32.4 Å². The molecule has 2 aromatic rings. The number of nitrogens with one attached hydrogen (secondary N) is 1. The zero-order valence-corrected chi connectivity index (χ0v) is 15.0. The van der Waals surface area contributed by atoms with E-state index in [1.54, 1.807) is 19.2 Å². The predicted molar refractivity (Wildman–Crippen MR) is 101 cm³/mol. The van der Waals surface area contributed by atoms with Crippen LogP contribution in [-0.2, 0) is 22.7 Å². The Morgan fingerprint density at radius 2 is 1.92 bits per heavy atom. The first kappa shape index (κ1) is 18.1. The zero-order chi connectivity index (χ0) is 18.4. The van der Waals surface area contributed by atoms with Gasteiger partial charge in [-0.2, -0.15) is 0 Å². The number of hydrogen-bond donors (Lipinski definition) is 1. The quantitative estimate of drug-likeness (QED) is 0.864. The molecule has 1 heterocycles. The maximum absolute atomic E-state index is 12.4. The second-order valence-electron chi connectivity index (χ2n) is 6.56. The van der Waals surface area contributed by atoms with E-state index in [1.807, 2.05) is 41.3 Å². The Hall–Kier alpha value is -2.66. The van der Waals surface area contributed by atoms with Crippen LogP contribution in [0, 0.1) is 0 Å². The smallest absolute Gasteiger partial charge is 0.255 e. The number of methoxy groups -OCH3 is 1. The summed E-state index contributed by atoms with van der Waals surface area (Å²) in [6.07, 6.45) is 2.67. The molecule has 0 unspecified atom stereocenters. The summed E-state index contributed by atoms with van der Waals surface area (Å²) in [7, 11) is 1.64. The molecule has 136 valence electrons. The summed E-state index contributed by atoms with van der Waals surface area (Å²) in [6.45, 7) is 1.93. The van der Waals surface area contributed by atoms with E-state index in [-0.39, 0.29) is 11.8 Å². The number of amides is 2. The summed E-state index contributed by atoms with van der Waals surface area (Å²) in [5, 5.41) is 2.92. The minimum Gasteiger partial charge on any atom is -0.380 e. The Bertz CT molecular complexity index is 771. The Kier molecular flexibility index (Phi) is 6.02. The number of benzene rings is 2. The van der Waals surface area contributed by atoms with E-state index in [0.29, 0.717) is 25.1 Å². The fourth-order valence-electron chi connectivity index (χ4n) is 3.12. The van der Waals surface area contributed by atoms with Gasteiger partial charge < -0.3 is 15.0 Å². The van der Waals surface area contributed by atoms with Crippen LogP contribution in [0.4, 0.5) is 5.69 Å². The van der Waals surface area contributed by atoms with Crippen molar-refractivity contribution in [1.82, 2.24) is 4.90 Å². The Morgan fingerprint density at radius 3 is 2.65 bits per heavy atom. The second-order valence-corrected chi connectivity index (χ2v) is 6.56. The molecular weight excluding hydrogens is 328 g/mol. The van der Waals surface area contributed by atoms with Crippen LogP contribution in [0.15, 0.2) is 48.5 Å². The van der Waals surface area contributed by atoms with Gasteiger partial charge in [0.1, 0.15) is 0 Å². The molecule has 1 N–H and O–H groups in total. The number of likely N-dealkylation sites (tertiary alicyclic amines) is 1. The average molecular weight is 352 g/mol. The first-order valence-electron chi connectivity index (χ1n) is 8.91. The lowest BCUT2D eigenvalue weighted by molar-refractivity contribution is -0.133. The standard InChI is InChI=1S/C21H24N2O3/c1-26-15-16-8-10-18(11-9-16)21(25)22-19-6-4-5-17(13-19)14-23-12-3-2-7-20(23)24/h4-6,8-11,13H,2-3,7,12,14-15H2,1H3,(H,22,25). The van der Waals surface area contributed by atoms with E-state index in [4.69, 9.17) is 4.74 Å². The average Bonchev–Trinajstić information content (AvgIpc) is 2.65. The van der Waals surface area contributed by atoms with Crippen LogP contribution in [0.25, 0.3) is 0 Å². The number of hydrogen-bond acceptors (Lipinski definition) is 3. The third-order valence-electron chi connectivity index (χ3n) is 4.51. The molecule has 1 aliphatic rings. The normalized spacial score (nSPS) is 14.3. The van der Waals surface area contributed by atoms with Crippen LogP contribution in [0.1, 0.15) is 40.7 Å². The monoisotopic (exact) mass is 352 g/mol. The molecule has 0 atom stereocenters. The lowest BCUT2D eigenvalue weighted by atomic mass is 10.1. The molecule has 1 aliphatic heterocycles. The molecule has 0 bridgehead atoms. The summed E-state index contributed by atoms with van der Waals surface area (Å²) in [5.74, 6) is 0.0574. The number of nitrogens with zero attached hydrogens (tertiary/aromatic N) is 1. The summed E-state index contributed by atoms with van der Waals surface area (Å²) < 4.78 is 5.08. The van der Waals surface area contributed by atoms with Crippen LogP contribution >= 0.6 is 0 Å². The maximum Gasteiger partial charge on any atom is 0.255 e. The van der Waals surface area contributed by atoms with Crippen LogP contribution in [0.2, 0.25) is 0 Å². The second kappa shape index (κ2) is 8.63. The third-order valence-corrected chi connectivity index (χ3v) is 4.51. The van der Waals surface area contributed by atoms with E-state index in [0.717, 1.165) is 36.2 Å². The fourth-order valence-corrected chi connectivity index (χ4v) is 3.12. The highest BCUT2D eigenvalue weighted by atomic mass is 16.5. The molecule has 0 aromatic heterocycles. The van der Waals surface area contributed by atoms with E-state index in [1.165, 1.54) is 0 Å². The van der Waals surface area contributed by atoms with Gasteiger partial charge in [0, 0.05) is 37.9 Å². The Morgan fingerprint density at radius 1 is 1.12 bits per heavy atom. The first-order chi connectivity index (χ1) is 12.7. The van der Waals surface area contributed by atoms with Gasteiger partial charge in [0.25, 0.3) is 5.91 Å². The Labute approximate surface area is 154 Å². The fraction of sp³-hybridized carbons (Fsp3) is 0.333. The van der Waals surface area contributed by atoms with E-state index in [9.17, 15) is 9.59 Å². The van der Waals surface area contributed by atoms with Gasteiger partial charge in [-0.05, 0) is 48.2 Å². The number of rotatable bonds is 6. The van der Waals surface area contributed by atoms with Gasteiger partial charge in [0.05, 0.1) is 6.61 Å². The van der Waals surface area contributed by atoms with Gasteiger partial charge in [-0.15, -0.1) is 0 Å². The number of anilines is 1. The van der Waals surface area contributed by atoms with Crippen LogP contribution in [0.3, 0.4) is 0 Å². The molecule has 5 heteroatoms. The number of carbonyl (C=O) groups is 2. The molecule has 5 nitrogen and oxygen atoms in total. The van der Waals surface area contributed by atoms with E-state index >= 15 is 0 Å². The molecule has 0 aliphatic carbocycles. The lowest BCUT2D eigenvalue weighted by Crippen LogP contribution is -2.34. The zero-order valence-electron chi connectivity index (χ0n) is 15.0. The van der Waals surface area contributed by atoms with Gasteiger partial charge in [-0.3, -0.25) is 9.59 Å². The van der Waals surface area contributed by atoms with Crippen molar-refractivity contribution < 1.29 is 14.3 Å². The molecular formula is C21H24N2O3. The van der Waals surface area contributed by atoms with Crippen LogP contribution in [0.5, 0.6) is 0 Å². The largest absolute Gasteiger partial charge is 0.380 e. The molecule has 2 amide bonds. The van der Waals surface area contributed by atoms with Gasteiger partial charge in [-0.1, -0.05) is 24.3 Å². The number of ether oxygens (including phenoxy) is 1. The number of piperidine rings is 1. The van der Waals surface area contributed by atoms with Gasteiger partial charge in [0.15, 0.2) is 0 Å². The molecule has 1 saturated heterocycles. The van der Waals surface area contributed by atoms with Crippen LogP contribution < -0.4 is 5.32 Å². The molecule has 0 radical (unpaired) electrons. The van der Waals surface area contributed by atoms with Crippen molar-refractivity contribution in [3.05, 3.63) is 65.2 Å². The topological polar surface area (TPSA) is 58.6 Å². The lowest BCUT2D eigenvalue weighted by Gasteiger charge is -2.26. The predicted octanol–water partition coefficient (Wildman–Crippen LogP) is 3.60. The summed E-state index contributed by atoms with van der Waals surface area (Å²) in [5.41, 5.74) is 3.38. The first-order valence-corrected chi connectivity index (χ1v) is 8.91. The van der Waals surface area contributed by atoms with Crippen LogP contribution in [-0.4, -0.2) is 30.4 Å². The molecule has 3 rings (SSSR count).